The van der Waals surface area contributed by atoms with Gasteiger partial charge >= 0.3 is 5.97 Å². The number of fused-ring (bicyclic) bond motifs is 1. The Morgan fingerprint density at radius 3 is 2.45 bits per heavy atom. The van der Waals surface area contributed by atoms with E-state index in [0.29, 0.717) is 5.69 Å². The molecule has 0 aliphatic carbocycles. The number of nitrogens with one attached hydrogen (secondary N) is 1. The van der Waals surface area contributed by atoms with E-state index in [1.807, 2.05) is 0 Å². The van der Waals surface area contributed by atoms with Gasteiger partial charge in [-0.2, -0.15) is 0 Å². The molecule has 1 aromatic rings. The Balaban J connectivity index is 1.76. The second-order valence-corrected chi connectivity index (χ2v) is 8.03. The van der Waals surface area contributed by atoms with Gasteiger partial charge in [0.2, 0.25) is 5.91 Å². The van der Waals surface area contributed by atoms with Crippen molar-refractivity contribution in [3.8, 4) is 0 Å². The molecular weight excluding hydrogens is 378 g/mol. The maximum absolute atomic E-state index is 12.8. The monoisotopic (exact) mass is 401 g/mol. The lowest BCUT2D eigenvalue weighted by atomic mass is 10.0. The van der Waals surface area contributed by atoms with Gasteiger partial charge in [0.25, 0.3) is 17.7 Å². The number of esters is 1. The number of imide groups is 2. The van der Waals surface area contributed by atoms with Gasteiger partial charge in [-0.25, -0.2) is 0 Å². The molecule has 2 aliphatic heterocycles. The van der Waals surface area contributed by atoms with Gasteiger partial charge in [0.1, 0.15) is 18.2 Å². The highest BCUT2D eigenvalue weighted by Crippen LogP contribution is 2.30. The molecule has 1 unspecified atom stereocenters. The highest BCUT2D eigenvalue weighted by Gasteiger charge is 2.46. The fraction of sp³-hybridized carbons (Fsp3) is 0.450. The van der Waals surface area contributed by atoms with Gasteiger partial charge < -0.3 is 10.1 Å². The standard InChI is InChI=1S/C20H23N3O6/c1-20(2,3)29-16(25)10-21-11-5-6-12-13(9-11)18(27)23(17(12)26)14-7-8-15(24)22(4)19(14)28/h5-6,9,14,21H,7-8,10H2,1-4H3. The lowest BCUT2D eigenvalue weighted by Gasteiger charge is -2.32. The molecule has 1 saturated heterocycles. The summed E-state index contributed by atoms with van der Waals surface area (Å²) in [4.78, 5) is 63.4. The van der Waals surface area contributed by atoms with Crippen molar-refractivity contribution in [1.82, 2.24) is 9.80 Å². The lowest BCUT2D eigenvalue weighted by molar-refractivity contribution is -0.152. The third-order valence-corrected chi connectivity index (χ3v) is 4.71. The van der Waals surface area contributed by atoms with E-state index < -0.39 is 35.3 Å². The maximum atomic E-state index is 12.8. The molecule has 4 amide bonds. The quantitative estimate of drug-likeness (QED) is 0.595. The molecule has 2 aliphatic rings. The smallest absolute Gasteiger partial charge is 0.325 e. The van der Waals surface area contributed by atoms with Crippen molar-refractivity contribution in [3.05, 3.63) is 29.3 Å². The molecule has 1 fully saturated rings. The Morgan fingerprint density at radius 2 is 1.79 bits per heavy atom. The molecule has 3 rings (SSSR count). The van der Waals surface area contributed by atoms with E-state index in [2.05, 4.69) is 5.32 Å². The van der Waals surface area contributed by atoms with Gasteiger partial charge in [0, 0.05) is 19.2 Å². The summed E-state index contributed by atoms with van der Waals surface area (Å²) in [7, 11) is 1.34. The van der Waals surface area contributed by atoms with Gasteiger partial charge in [0.05, 0.1) is 11.1 Å². The number of benzene rings is 1. The summed E-state index contributed by atoms with van der Waals surface area (Å²) in [6.07, 6.45) is 0.195. The summed E-state index contributed by atoms with van der Waals surface area (Å²) in [6, 6.07) is 3.54. The van der Waals surface area contributed by atoms with Gasteiger partial charge in [-0.3, -0.25) is 33.8 Å². The van der Waals surface area contributed by atoms with Crippen LogP contribution in [0.15, 0.2) is 18.2 Å². The van der Waals surface area contributed by atoms with E-state index >= 15 is 0 Å². The minimum absolute atomic E-state index is 0.0863. The van der Waals surface area contributed by atoms with Gasteiger partial charge in [-0.15, -0.1) is 0 Å². The summed E-state index contributed by atoms with van der Waals surface area (Å²) >= 11 is 0. The van der Waals surface area contributed by atoms with Crippen LogP contribution < -0.4 is 5.32 Å². The Bertz CT molecular complexity index is 917. The van der Waals surface area contributed by atoms with Crippen LogP contribution in [0.3, 0.4) is 0 Å². The molecule has 29 heavy (non-hydrogen) atoms. The molecular formula is C20H23N3O6. The summed E-state index contributed by atoms with van der Waals surface area (Å²) in [5.41, 5.74) is 0.197. The second-order valence-electron chi connectivity index (χ2n) is 8.03. The molecule has 0 saturated carbocycles. The molecule has 0 bridgehead atoms. The van der Waals surface area contributed by atoms with Gasteiger partial charge in [0.15, 0.2) is 0 Å². The average molecular weight is 401 g/mol. The molecule has 1 N–H and O–H groups in total. The minimum atomic E-state index is -0.997. The number of hydrogen-bond acceptors (Lipinski definition) is 7. The first kappa shape index (κ1) is 20.5. The van der Waals surface area contributed by atoms with Gasteiger partial charge in [-0.1, -0.05) is 0 Å². The predicted octanol–water partition coefficient (Wildman–Crippen LogP) is 1.18. The third kappa shape index (κ3) is 3.98. The van der Waals surface area contributed by atoms with Crippen molar-refractivity contribution < 1.29 is 28.7 Å². The van der Waals surface area contributed by atoms with Crippen LogP contribution in [0.2, 0.25) is 0 Å². The van der Waals surface area contributed by atoms with Crippen LogP contribution in [0, 0.1) is 0 Å². The number of rotatable bonds is 4. The van der Waals surface area contributed by atoms with Crippen molar-refractivity contribution in [2.24, 2.45) is 0 Å². The normalized spacial score (nSPS) is 19.5. The fourth-order valence-electron chi connectivity index (χ4n) is 3.34. The molecule has 154 valence electrons. The van der Waals surface area contributed by atoms with Crippen LogP contribution in [-0.4, -0.2) is 64.6 Å². The number of ether oxygens (including phenoxy) is 1. The molecule has 0 radical (unpaired) electrons. The SMILES string of the molecule is CN1C(=O)CCC(N2C(=O)c3ccc(NCC(=O)OC(C)(C)C)cc3C2=O)C1=O. The molecule has 9 nitrogen and oxygen atoms in total. The summed E-state index contributed by atoms with van der Waals surface area (Å²) < 4.78 is 5.22. The third-order valence-electron chi connectivity index (χ3n) is 4.71. The van der Waals surface area contributed by atoms with Crippen molar-refractivity contribution >= 4 is 35.3 Å². The van der Waals surface area contributed by atoms with Crippen molar-refractivity contribution in [2.75, 3.05) is 18.9 Å². The zero-order valence-electron chi connectivity index (χ0n) is 16.8. The van der Waals surface area contributed by atoms with Gasteiger partial charge in [-0.05, 0) is 45.4 Å². The number of likely N-dealkylation sites (tertiary alicyclic amines) is 1. The van der Waals surface area contributed by atoms with E-state index in [9.17, 15) is 24.0 Å². The number of carbonyl (C=O) groups is 5. The molecule has 9 heteroatoms. The summed E-state index contributed by atoms with van der Waals surface area (Å²) in [6.45, 7) is 5.18. The Labute approximate surface area is 168 Å². The van der Waals surface area contributed by atoms with E-state index in [1.165, 1.54) is 19.2 Å². The Hall–Kier alpha value is -3.23. The van der Waals surface area contributed by atoms with E-state index in [1.54, 1.807) is 26.8 Å². The fourth-order valence-corrected chi connectivity index (χ4v) is 3.34. The number of amides is 4. The molecule has 1 aromatic carbocycles. The predicted molar refractivity (Wildman–Crippen MR) is 102 cm³/mol. The number of nitrogens with zero attached hydrogens (tertiary/aromatic N) is 2. The van der Waals surface area contributed by atoms with E-state index in [0.717, 1.165) is 9.80 Å². The number of piperidine rings is 1. The van der Waals surface area contributed by atoms with E-state index in [-0.39, 0.29) is 36.4 Å². The topological polar surface area (TPSA) is 113 Å². The minimum Gasteiger partial charge on any atom is -0.459 e. The average Bonchev–Trinajstić information content (AvgIpc) is 2.88. The van der Waals surface area contributed by atoms with Crippen LogP contribution in [0.4, 0.5) is 5.69 Å². The first-order valence-corrected chi connectivity index (χ1v) is 9.27. The molecule has 0 spiro atoms. The zero-order chi connectivity index (χ0) is 21.5. The lowest BCUT2D eigenvalue weighted by Crippen LogP contribution is -2.54. The van der Waals surface area contributed by atoms with Crippen molar-refractivity contribution in [2.45, 2.75) is 45.3 Å². The molecule has 1 atom stereocenters. The second kappa shape index (κ2) is 7.31. The van der Waals surface area contributed by atoms with Crippen LogP contribution in [0.1, 0.15) is 54.3 Å². The van der Waals surface area contributed by atoms with E-state index in [4.69, 9.17) is 4.74 Å². The zero-order valence-corrected chi connectivity index (χ0v) is 16.8. The van der Waals surface area contributed by atoms with Crippen molar-refractivity contribution in [1.29, 1.82) is 0 Å². The number of likely N-dealkylation sites (N-methyl/N-ethyl adjacent to an activating group) is 1. The maximum Gasteiger partial charge on any atom is 0.325 e. The number of hydrogen-bond donors (Lipinski definition) is 1. The first-order chi connectivity index (χ1) is 13.5. The molecule has 2 heterocycles. The number of anilines is 1. The van der Waals surface area contributed by atoms with Crippen LogP contribution >= 0.6 is 0 Å². The Morgan fingerprint density at radius 1 is 1.14 bits per heavy atom. The molecule has 0 aromatic heterocycles. The largest absolute Gasteiger partial charge is 0.459 e. The first-order valence-electron chi connectivity index (χ1n) is 9.27. The van der Waals surface area contributed by atoms with Crippen molar-refractivity contribution in [3.63, 3.8) is 0 Å². The van der Waals surface area contributed by atoms with Crippen LogP contribution in [0.5, 0.6) is 0 Å². The number of carbonyl (C=O) groups excluding carboxylic acids is 5. The summed E-state index contributed by atoms with van der Waals surface area (Å²) in [5.74, 6) is -2.52. The summed E-state index contributed by atoms with van der Waals surface area (Å²) in [5, 5.41) is 2.87. The Kier molecular flexibility index (Phi) is 5.16. The van der Waals surface area contributed by atoms with Crippen LogP contribution in [-0.2, 0) is 19.1 Å². The highest BCUT2D eigenvalue weighted by atomic mass is 16.6. The van der Waals surface area contributed by atoms with Crippen LogP contribution in [0.25, 0.3) is 0 Å². The highest BCUT2D eigenvalue weighted by molar-refractivity contribution is 6.23.